The quantitative estimate of drug-likeness (QED) is 0.767. The van der Waals surface area contributed by atoms with Crippen LogP contribution in [0.5, 0.6) is 0 Å². The number of anilines is 1. The fourth-order valence-corrected chi connectivity index (χ4v) is 4.60. The van der Waals surface area contributed by atoms with E-state index in [0.717, 1.165) is 43.6 Å². The van der Waals surface area contributed by atoms with E-state index in [1.807, 2.05) is 29.3 Å². The van der Waals surface area contributed by atoms with Crippen molar-refractivity contribution < 1.29 is 14.3 Å². The lowest BCUT2D eigenvalue weighted by atomic mass is 9.98. The van der Waals surface area contributed by atoms with Crippen molar-refractivity contribution in [3.05, 3.63) is 17.5 Å². The zero-order valence-corrected chi connectivity index (χ0v) is 14.8. The molecule has 0 spiro atoms. The topological polar surface area (TPSA) is 61.9 Å². The van der Waals surface area contributed by atoms with Crippen molar-refractivity contribution in [3.8, 4) is 0 Å². The number of nitrogens with one attached hydrogen (secondary N) is 1. The first-order valence-electron chi connectivity index (χ1n) is 8.66. The zero-order chi connectivity index (χ0) is 16.9. The van der Waals surface area contributed by atoms with E-state index in [0.29, 0.717) is 31.3 Å². The molecular weight excluding hydrogens is 326 g/mol. The van der Waals surface area contributed by atoms with Gasteiger partial charge in [-0.1, -0.05) is 0 Å². The summed E-state index contributed by atoms with van der Waals surface area (Å²) in [6, 6.07) is 4.90. The molecule has 2 bridgehead atoms. The summed E-state index contributed by atoms with van der Waals surface area (Å²) < 4.78 is 5.19. The van der Waals surface area contributed by atoms with Gasteiger partial charge in [-0.25, -0.2) is 4.79 Å². The Morgan fingerprint density at radius 3 is 2.79 bits per heavy atom. The Kier molecular flexibility index (Phi) is 5.73. The highest BCUT2D eigenvalue weighted by atomic mass is 32.1. The summed E-state index contributed by atoms with van der Waals surface area (Å²) in [4.78, 5) is 27.0. The molecule has 1 aromatic rings. The number of fused-ring (bicyclic) bond motifs is 2. The third kappa shape index (κ3) is 3.72. The third-order valence-electron chi connectivity index (χ3n) is 4.91. The molecule has 3 rings (SSSR count). The molecule has 2 unspecified atom stereocenters. The van der Waals surface area contributed by atoms with E-state index in [1.54, 1.807) is 16.2 Å². The van der Waals surface area contributed by atoms with Gasteiger partial charge in [0.2, 0.25) is 6.41 Å². The van der Waals surface area contributed by atoms with Gasteiger partial charge in [-0.2, -0.15) is 0 Å². The second-order valence-electron chi connectivity index (χ2n) is 6.36. The van der Waals surface area contributed by atoms with Gasteiger partial charge in [-0.05, 0) is 50.1 Å². The van der Waals surface area contributed by atoms with Crippen LogP contribution in [-0.2, 0) is 9.53 Å². The van der Waals surface area contributed by atoms with E-state index in [-0.39, 0.29) is 6.09 Å². The van der Waals surface area contributed by atoms with Crippen LogP contribution in [0.25, 0.3) is 0 Å². The second kappa shape index (κ2) is 7.98. The number of hydrogen-bond acceptors (Lipinski definition) is 5. The predicted octanol–water partition coefficient (Wildman–Crippen LogP) is 2.45. The fourth-order valence-electron chi connectivity index (χ4n) is 3.88. The fraction of sp³-hybridized carbons (Fsp3) is 0.647. The lowest BCUT2D eigenvalue weighted by Gasteiger charge is -2.38. The van der Waals surface area contributed by atoms with Crippen molar-refractivity contribution in [3.63, 3.8) is 0 Å². The standard InChI is InChI=1S/C17H25N3O3S/c1-2-23-17(22)20-14-5-6-15(20)11-13(10-14)18-7-8-19(12-21)16-4-3-9-24-16/h3-4,9,12-15,18H,2,5-8,10-11H2,1H3. The largest absolute Gasteiger partial charge is 0.450 e. The van der Waals surface area contributed by atoms with Crippen molar-refractivity contribution in [1.82, 2.24) is 10.2 Å². The van der Waals surface area contributed by atoms with Crippen LogP contribution in [0.4, 0.5) is 9.80 Å². The van der Waals surface area contributed by atoms with Gasteiger partial charge in [0.15, 0.2) is 0 Å². The maximum atomic E-state index is 12.1. The van der Waals surface area contributed by atoms with E-state index in [9.17, 15) is 9.59 Å². The first-order chi connectivity index (χ1) is 11.7. The molecule has 2 fully saturated rings. The van der Waals surface area contributed by atoms with Gasteiger partial charge in [0.1, 0.15) is 0 Å². The highest BCUT2D eigenvalue weighted by Crippen LogP contribution is 2.36. The number of nitrogens with zero attached hydrogens (tertiary/aromatic N) is 2. The summed E-state index contributed by atoms with van der Waals surface area (Å²) in [6.07, 6.45) is 4.80. The van der Waals surface area contributed by atoms with Crippen LogP contribution < -0.4 is 10.2 Å². The van der Waals surface area contributed by atoms with Gasteiger partial charge in [-0.3, -0.25) is 4.79 Å². The Morgan fingerprint density at radius 2 is 2.21 bits per heavy atom. The minimum Gasteiger partial charge on any atom is -0.450 e. The van der Waals surface area contributed by atoms with E-state index < -0.39 is 0 Å². The van der Waals surface area contributed by atoms with Crippen LogP contribution in [0.2, 0.25) is 0 Å². The lowest BCUT2D eigenvalue weighted by Crippen LogP contribution is -2.52. The highest BCUT2D eigenvalue weighted by Gasteiger charge is 2.43. The molecule has 0 saturated carbocycles. The van der Waals surface area contributed by atoms with Crippen LogP contribution in [0.1, 0.15) is 32.6 Å². The number of carbonyl (C=O) groups excluding carboxylic acids is 2. The number of amides is 2. The van der Waals surface area contributed by atoms with E-state index >= 15 is 0 Å². The molecule has 0 aromatic carbocycles. The Hall–Kier alpha value is -1.60. The number of piperidine rings is 1. The number of carbonyl (C=O) groups is 2. The Morgan fingerprint density at radius 1 is 1.46 bits per heavy atom. The maximum Gasteiger partial charge on any atom is 0.410 e. The summed E-state index contributed by atoms with van der Waals surface area (Å²) in [5.41, 5.74) is 0. The molecule has 0 radical (unpaired) electrons. The van der Waals surface area contributed by atoms with Crippen LogP contribution in [0.15, 0.2) is 17.5 Å². The second-order valence-corrected chi connectivity index (χ2v) is 7.29. The molecule has 7 heteroatoms. The van der Waals surface area contributed by atoms with Gasteiger partial charge in [0.05, 0.1) is 11.6 Å². The highest BCUT2D eigenvalue weighted by molar-refractivity contribution is 7.14. The predicted molar refractivity (Wildman–Crippen MR) is 94.4 cm³/mol. The molecule has 1 aromatic heterocycles. The number of ether oxygens (including phenoxy) is 1. The molecule has 2 atom stereocenters. The molecular formula is C17H25N3O3S. The summed E-state index contributed by atoms with van der Waals surface area (Å²) in [5, 5.41) is 6.52. The smallest absolute Gasteiger partial charge is 0.410 e. The third-order valence-corrected chi connectivity index (χ3v) is 5.82. The van der Waals surface area contributed by atoms with Crippen LogP contribution in [-0.4, -0.2) is 55.2 Å². The van der Waals surface area contributed by atoms with E-state index in [1.165, 1.54) is 0 Å². The lowest BCUT2D eigenvalue weighted by molar-refractivity contribution is -0.107. The molecule has 132 valence electrons. The summed E-state index contributed by atoms with van der Waals surface area (Å²) in [6.45, 7) is 3.71. The minimum atomic E-state index is -0.159. The first-order valence-corrected chi connectivity index (χ1v) is 9.54. The Bertz CT molecular complexity index is 537. The summed E-state index contributed by atoms with van der Waals surface area (Å²) >= 11 is 1.57. The van der Waals surface area contributed by atoms with Crippen molar-refractivity contribution in [2.24, 2.45) is 0 Å². The van der Waals surface area contributed by atoms with Gasteiger partial charge in [0, 0.05) is 31.2 Å². The molecule has 24 heavy (non-hydrogen) atoms. The molecule has 2 aliphatic heterocycles. The van der Waals surface area contributed by atoms with Gasteiger partial charge in [-0.15, -0.1) is 11.3 Å². The molecule has 2 aliphatic rings. The Labute approximate surface area is 146 Å². The maximum absolute atomic E-state index is 12.1. The van der Waals surface area contributed by atoms with Crippen molar-refractivity contribution in [2.45, 2.75) is 50.7 Å². The molecule has 1 N–H and O–H groups in total. The van der Waals surface area contributed by atoms with Crippen LogP contribution >= 0.6 is 11.3 Å². The number of rotatable bonds is 7. The van der Waals surface area contributed by atoms with Gasteiger partial charge >= 0.3 is 6.09 Å². The molecule has 2 saturated heterocycles. The number of thiophene rings is 1. The molecule has 2 amide bonds. The van der Waals surface area contributed by atoms with Gasteiger partial charge in [0.25, 0.3) is 0 Å². The van der Waals surface area contributed by atoms with Crippen molar-refractivity contribution in [1.29, 1.82) is 0 Å². The SMILES string of the molecule is CCOC(=O)N1C2CCC1CC(NCCN(C=O)c1cccs1)C2. The van der Waals surface area contributed by atoms with E-state index in [4.69, 9.17) is 4.74 Å². The summed E-state index contributed by atoms with van der Waals surface area (Å²) in [5.74, 6) is 0. The monoisotopic (exact) mass is 351 g/mol. The zero-order valence-electron chi connectivity index (χ0n) is 14.0. The van der Waals surface area contributed by atoms with Gasteiger partial charge < -0.3 is 19.9 Å². The Balaban J connectivity index is 1.47. The van der Waals surface area contributed by atoms with E-state index in [2.05, 4.69) is 5.32 Å². The average molecular weight is 351 g/mol. The normalized spacial score (nSPS) is 25.5. The average Bonchev–Trinajstić information content (AvgIpc) is 3.19. The number of hydrogen-bond donors (Lipinski definition) is 1. The summed E-state index contributed by atoms with van der Waals surface area (Å²) in [7, 11) is 0. The van der Waals surface area contributed by atoms with Crippen LogP contribution in [0.3, 0.4) is 0 Å². The first kappa shape index (κ1) is 17.2. The molecule has 0 aliphatic carbocycles. The minimum absolute atomic E-state index is 0.159. The van der Waals surface area contributed by atoms with Crippen molar-refractivity contribution >= 4 is 28.8 Å². The molecule has 3 heterocycles. The molecule has 6 nitrogen and oxygen atoms in total. The van der Waals surface area contributed by atoms with Crippen LogP contribution in [0, 0.1) is 0 Å². The van der Waals surface area contributed by atoms with Crippen molar-refractivity contribution in [2.75, 3.05) is 24.6 Å².